The fourth-order valence-electron chi connectivity index (χ4n) is 2.18. The molecule has 0 spiro atoms. The number of nitrogens with one attached hydrogen (secondary N) is 2. The van der Waals surface area contributed by atoms with Crippen molar-refractivity contribution in [3.63, 3.8) is 0 Å². The second-order valence-corrected chi connectivity index (χ2v) is 6.32. The number of thioether (sulfide) groups is 1. The van der Waals surface area contributed by atoms with Crippen molar-refractivity contribution in [2.45, 2.75) is 23.6 Å². The maximum absolute atomic E-state index is 13.7. The third-order valence-corrected chi connectivity index (χ3v) is 4.83. The van der Waals surface area contributed by atoms with E-state index in [0.29, 0.717) is 16.2 Å². The number of aromatic nitrogens is 4. The molecule has 3 aromatic rings. The lowest BCUT2D eigenvalue weighted by molar-refractivity contribution is -0.115. The molecule has 0 aliphatic carbocycles. The summed E-state index contributed by atoms with van der Waals surface area (Å²) in [6.45, 7) is 1.67. The van der Waals surface area contributed by atoms with E-state index in [4.69, 9.17) is 0 Å². The minimum Gasteiger partial charge on any atom is -0.341 e. The van der Waals surface area contributed by atoms with Crippen LogP contribution >= 0.6 is 11.8 Å². The molecule has 0 bridgehead atoms. The van der Waals surface area contributed by atoms with Crippen molar-refractivity contribution >= 4 is 34.5 Å². The molecule has 0 radical (unpaired) electrons. The predicted molar refractivity (Wildman–Crippen MR) is 86.5 cm³/mol. The molecule has 0 unspecified atom stereocenters. The molecule has 0 fully saturated rings. The van der Waals surface area contributed by atoms with Gasteiger partial charge in [-0.25, -0.2) is 32.5 Å². The summed E-state index contributed by atoms with van der Waals surface area (Å²) in [6.07, 6.45) is 2.93. The number of aromatic amines is 1. The highest BCUT2D eigenvalue weighted by Crippen LogP contribution is 2.30. The minimum atomic E-state index is -1.67. The van der Waals surface area contributed by atoms with Crippen LogP contribution in [0, 0.1) is 23.3 Å². The number of halogens is 4. The normalized spacial score (nSPS) is 12.3. The van der Waals surface area contributed by atoms with E-state index in [-0.39, 0.29) is 12.5 Å². The molecule has 2 N–H and O–H groups in total. The zero-order valence-electron chi connectivity index (χ0n) is 13.2. The summed E-state index contributed by atoms with van der Waals surface area (Å²) in [5, 5.41) is 1.49. The third-order valence-electron chi connectivity index (χ3n) is 3.47. The highest BCUT2D eigenvalue weighted by atomic mass is 32.2. The number of anilines is 1. The van der Waals surface area contributed by atoms with Crippen LogP contribution < -0.4 is 5.32 Å². The summed E-state index contributed by atoms with van der Waals surface area (Å²) in [5.41, 5.74) is -0.277. The molecule has 2 heterocycles. The second kappa shape index (κ2) is 7.28. The SMILES string of the molecule is CC[C@H](Sc1ncnc2nc[nH]c12)C(=O)Nc1c(F)c(F)cc(F)c1F. The second-order valence-electron chi connectivity index (χ2n) is 5.13. The van der Waals surface area contributed by atoms with Gasteiger partial charge in [0.25, 0.3) is 0 Å². The summed E-state index contributed by atoms with van der Waals surface area (Å²) in [4.78, 5) is 27.2. The van der Waals surface area contributed by atoms with E-state index in [9.17, 15) is 22.4 Å². The van der Waals surface area contributed by atoms with Crippen LogP contribution in [0.1, 0.15) is 13.3 Å². The average molecular weight is 385 g/mol. The van der Waals surface area contributed by atoms with Crippen molar-refractivity contribution in [1.29, 1.82) is 0 Å². The first-order chi connectivity index (χ1) is 12.4. The zero-order valence-corrected chi connectivity index (χ0v) is 14.0. The number of rotatable bonds is 5. The Morgan fingerprint density at radius 3 is 2.54 bits per heavy atom. The summed E-state index contributed by atoms with van der Waals surface area (Å²) in [5.74, 6) is -7.37. The molecule has 0 saturated carbocycles. The number of carbonyl (C=O) groups is 1. The lowest BCUT2D eigenvalue weighted by Crippen LogP contribution is -2.26. The lowest BCUT2D eigenvalue weighted by atomic mass is 10.2. The monoisotopic (exact) mass is 385 g/mol. The van der Waals surface area contributed by atoms with Crippen molar-refractivity contribution in [1.82, 2.24) is 19.9 Å². The van der Waals surface area contributed by atoms with Crippen LogP contribution in [-0.2, 0) is 4.79 Å². The van der Waals surface area contributed by atoms with E-state index < -0.39 is 40.1 Å². The Hall–Kier alpha value is -2.69. The van der Waals surface area contributed by atoms with Gasteiger partial charge in [-0.1, -0.05) is 18.7 Å². The fraction of sp³-hybridized carbons (Fsp3) is 0.200. The van der Waals surface area contributed by atoms with Crippen LogP contribution in [0.5, 0.6) is 0 Å². The molecule has 1 aromatic carbocycles. The number of benzene rings is 1. The zero-order chi connectivity index (χ0) is 18.8. The highest BCUT2D eigenvalue weighted by molar-refractivity contribution is 8.00. The standard InChI is InChI=1S/C15H11F4N5OS/c1-2-8(26-15-12-13(21-4-20-12)22-5-23-15)14(25)24-11-9(18)6(16)3-7(17)10(11)19/h3-5,8H,2H2,1H3,(H,24,25)(H,20,21,22,23)/t8-/m0/s1. The molecular weight excluding hydrogens is 374 g/mol. The van der Waals surface area contributed by atoms with Gasteiger partial charge in [0.1, 0.15) is 22.6 Å². The first kappa shape index (κ1) is 18.1. The molecule has 6 nitrogen and oxygen atoms in total. The molecule has 3 rings (SSSR count). The van der Waals surface area contributed by atoms with Gasteiger partial charge in [0.15, 0.2) is 28.9 Å². The molecule has 0 aliphatic rings. The molecule has 2 aromatic heterocycles. The predicted octanol–water partition coefficient (Wildman–Crippen LogP) is 3.42. The minimum absolute atomic E-state index is 0.0717. The van der Waals surface area contributed by atoms with Gasteiger partial charge in [0, 0.05) is 6.07 Å². The Kier molecular flexibility index (Phi) is 5.07. The lowest BCUT2D eigenvalue weighted by Gasteiger charge is -2.15. The number of amides is 1. The maximum atomic E-state index is 13.7. The fourth-order valence-corrected chi connectivity index (χ4v) is 3.15. The van der Waals surface area contributed by atoms with Gasteiger partial charge in [0.2, 0.25) is 5.91 Å². The number of nitrogens with zero attached hydrogens (tertiary/aromatic N) is 3. The highest BCUT2D eigenvalue weighted by Gasteiger charge is 2.25. The number of hydrogen-bond donors (Lipinski definition) is 2. The molecule has 26 heavy (non-hydrogen) atoms. The van der Waals surface area contributed by atoms with E-state index >= 15 is 0 Å². The van der Waals surface area contributed by atoms with Crippen LogP contribution in [0.3, 0.4) is 0 Å². The van der Waals surface area contributed by atoms with E-state index in [1.807, 2.05) is 5.32 Å². The summed E-state index contributed by atoms with van der Waals surface area (Å²) in [6, 6.07) is 0.0717. The largest absolute Gasteiger partial charge is 0.341 e. The smallest absolute Gasteiger partial charge is 0.238 e. The number of fused-ring (bicyclic) bond motifs is 1. The van der Waals surface area contributed by atoms with Gasteiger partial charge in [-0.2, -0.15) is 0 Å². The van der Waals surface area contributed by atoms with Gasteiger partial charge >= 0.3 is 0 Å². The van der Waals surface area contributed by atoms with Crippen LogP contribution in [0.25, 0.3) is 11.2 Å². The van der Waals surface area contributed by atoms with Crippen LogP contribution in [0.15, 0.2) is 23.7 Å². The van der Waals surface area contributed by atoms with Gasteiger partial charge in [0.05, 0.1) is 11.6 Å². The Bertz CT molecular complexity index is 954. The molecule has 136 valence electrons. The van der Waals surface area contributed by atoms with E-state index in [0.717, 1.165) is 11.8 Å². The van der Waals surface area contributed by atoms with E-state index in [1.54, 1.807) is 6.92 Å². The van der Waals surface area contributed by atoms with E-state index in [2.05, 4.69) is 19.9 Å². The molecular formula is C15H11F4N5OS. The Morgan fingerprint density at radius 2 is 1.88 bits per heavy atom. The van der Waals surface area contributed by atoms with Gasteiger partial charge in [-0.15, -0.1) is 0 Å². The van der Waals surface area contributed by atoms with Crippen molar-refractivity contribution in [2.75, 3.05) is 5.32 Å². The van der Waals surface area contributed by atoms with E-state index in [1.165, 1.54) is 12.7 Å². The molecule has 0 saturated heterocycles. The molecule has 0 aliphatic heterocycles. The van der Waals surface area contributed by atoms with Crippen LogP contribution in [0.2, 0.25) is 0 Å². The number of imidazole rings is 1. The summed E-state index contributed by atoms with van der Waals surface area (Å²) < 4.78 is 54.0. The van der Waals surface area contributed by atoms with Gasteiger partial charge in [-0.3, -0.25) is 4.79 Å². The van der Waals surface area contributed by atoms with Crippen molar-refractivity contribution in [3.8, 4) is 0 Å². The van der Waals surface area contributed by atoms with Gasteiger partial charge < -0.3 is 10.3 Å². The Morgan fingerprint density at radius 1 is 1.19 bits per heavy atom. The first-order valence-corrected chi connectivity index (χ1v) is 8.25. The van der Waals surface area contributed by atoms with Crippen molar-refractivity contribution in [3.05, 3.63) is 42.0 Å². The molecule has 1 atom stereocenters. The Balaban J connectivity index is 1.86. The first-order valence-electron chi connectivity index (χ1n) is 7.37. The summed E-state index contributed by atoms with van der Waals surface area (Å²) >= 11 is 1.00. The van der Waals surface area contributed by atoms with Crippen molar-refractivity contribution < 1.29 is 22.4 Å². The van der Waals surface area contributed by atoms with Gasteiger partial charge in [-0.05, 0) is 6.42 Å². The number of hydrogen-bond acceptors (Lipinski definition) is 5. The van der Waals surface area contributed by atoms with Crippen LogP contribution in [-0.4, -0.2) is 31.1 Å². The van der Waals surface area contributed by atoms with Crippen molar-refractivity contribution in [2.24, 2.45) is 0 Å². The number of carbonyl (C=O) groups excluding carboxylic acids is 1. The Labute approximate surface area is 148 Å². The third kappa shape index (κ3) is 3.34. The number of H-pyrrole nitrogens is 1. The average Bonchev–Trinajstić information content (AvgIpc) is 3.11. The summed E-state index contributed by atoms with van der Waals surface area (Å²) in [7, 11) is 0. The topological polar surface area (TPSA) is 83.6 Å². The maximum Gasteiger partial charge on any atom is 0.238 e. The molecule has 11 heteroatoms. The molecule has 1 amide bonds. The van der Waals surface area contributed by atoms with Crippen LogP contribution in [0.4, 0.5) is 23.2 Å². The quantitative estimate of drug-likeness (QED) is 0.304.